The summed E-state index contributed by atoms with van der Waals surface area (Å²) in [4.78, 5) is 9.09. The van der Waals surface area contributed by atoms with E-state index < -0.39 is 0 Å². The number of aromatic nitrogens is 3. The van der Waals surface area contributed by atoms with E-state index in [2.05, 4.69) is 125 Å². The van der Waals surface area contributed by atoms with Crippen molar-refractivity contribution in [2.45, 2.75) is 90.2 Å². The van der Waals surface area contributed by atoms with Crippen LogP contribution in [0.15, 0.2) is 102 Å². The molecular formula is C48H49N5O2S. The van der Waals surface area contributed by atoms with E-state index in [1.807, 2.05) is 19.1 Å². The summed E-state index contributed by atoms with van der Waals surface area (Å²) in [5, 5.41) is 20.3. The Morgan fingerprint density at radius 1 is 0.839 bits per heavy atom. The average Bonchev–Trinajstić information content (AvgIpc) is 3.70. The van der Waals surface area contributed by atoms with Gasteiger partial charge in [0.25, 0.3) is 0 Å². The van der Waals surface area contributed by atoms with Crippen LogP contribution in [0.3, 0.4) is 0 Å². The molecule has 3 atom stereocenters. The molecule has 4 heterocycles. The second-order valence-corrected chi connectivity index (χ2v) is 17.9. The summed E-state index contributed by atoms with van der Waals surface area (Å²) in [5.41, 5.74) is 11.7. The van der Waals surface area contributed by atoms with Gasteiger partial charge in [0.15, 0.2) is 5.82 Å². The molecule has 0 unspecified atom stereocenters. The third-order valence-corrected chi connectivity index (χ3v) is 14.6. The fourth-order valence-corrected chi connectivity index (χ4v) is 11.4. The van der Waals surface area contributed by atoms with Crippen LogP contribution in [0.2, 0.25) is 0 Å². The zero-order valence-electron chi connectivity index (χ0n) is 32.7. The Labute approximate surface area is 333 Å². The highest BCUT2D eigenvalue weighted by Gasteiger charge is 2.47. The van der Waals surface area contributed by atoms with Gasteiger partial charge in [-0.15, -0.1) is 21.5 Å². The number of thiophene rings is 1. The predicted molar refractivity (Wildman–Crippen MR) is 225 cm³/mol. The quantitative estimate of drug-likeness (QED) is 0.183. The fourth-order valence-electron chi connectivity index (χ4n) is 10.2. The molecule has 0 radical (unpaired) electrons. The van der Waals surface area contributed by atoms with Gasteiger partial charge in [-0.3, -0.25) is 9.56 Å². The van der Waals surface area contributed by atoms with Crippen LogP contribution in [0.25, 0.3) is 5.00 Å². The fraction of sp³-hybridized carbons (Fsp3) is 0.354. The molecule has 1 saturated carbocycles. The molecule has 0 bridgehead atoms. The van der Waals surface area contributed by atoms with Gasteiger partial charge in [0, 0.05) is 40.7 Å². The number of benzene rings is 4. The summed E-state index contributed by atoms with van der Waals surface area (Å²) in [7, 11) is 0. The lowest BCUT2D eigenvalue weighted by molar-refractivity contribution is -0.0310. The molecular weight excluding hydrogens is 711 g/mol. The Bertz CT molecular complexity index is 2430. The molecule has 4 aliphatic rings. The number of nitrogens with zero attached hydrogens (tertiary/aromatic N) is 5. The van der Waals surface area contributed by atoms with E-state index in [1.165, 1.54) is 56.8 Å². The first kappa shape index (κ1) is 35.2. The van der Waals surface area contributed by atoms with Gasteiger partial charge in [0.2, 0.25) is 0 Å². The van der Waals surface area contributed by atoms with Gasteiger partial charge >= 0.3 is 0 Å². The van der Waals surface area contributed by atoms with Crippen LogP contribution in [0, 0.1) is 26.2 Å². The van der Waals surface area contributed by atoms with Gasteiger partial charge in [-0.05, 0) is 154 Å². The maximum Gasteiger partial charge on any atom is 0.162 e. The number of aryl methyl sites for hydroxylation is 3. The summed E-state index contributed by atoms with van der Waals surface area (Å²) in [5.74, 6) is 3.77. The Balaban J connectivity index is 0.784. The number of anilines is 1. The molecule has 2 aliphatic carbocycles. The maximum absolute atomic E-state index is 10.2. The van der Waals surface area contributed by atoms with Crippen molar-refractivity contribution in [1.29, 1.82) is 0 Å². The Morgan fingerprint density at radius 3 is 2.34 bits per heavy atom. The third-order valence-electron chi connectivity index (χ3n) is 13.4. The molecule has 2 fully saturated rings. The van der Waals surface area contributed by atoms with Crippen LogP contribution in [-0.4, -0.2) is 44.8 Å². The largest absolute Gasteiger partial charge is 0.508 e. The monoisotopic (exact) mass is 759 g/mol. The van der Waals surface area contributed by atoms with E-state index in [-0.39, 0.29) is 18.1 Å². The highest BCUT2D eigenvalue weighted by Crippen LogP contribution is 2.52. The van der Waals surface area contributed by atoms with Crippen molar-refractivity contribution in [3.05, 3.63) is 153 Å². The van der Waals surface area contributed by atoms with Gasteiger partial charge in [-0.25, -0.2) is 0 Å². The molecule has 56 heavy (non-hydrogen) atoms. The van der Waals surface area contributed by atoms with Crippen molar-refractivity contribution in [2.75, 3.05) is 18.0 Å². The SMILES string of the molecule is Cc1sc2c(c1C)C(c1ccc(OC3CC4(CCN(c5ccc([C@@H]6c7ccc(O)cc7CC[C@@H]6c6ccccc6)cc5)CC4)C3)cc1)=N[C@@H](C)c1nnc(C)n1-2. The van der Waals surface area contributed by atoms with Crippen molar-refractivity contribution < 1.29 is 9.84 Å². The first-order chi connectivity index (χ1) is 27.2. The van der Waals surface area contributed by atoms with Crippen molar-refractivity contribution in [3.63, 3.8) is 0 Å². The van der Waals surface area contributed by atoms with Crippen molar-refractivity contribution >= 4 is 22.7 Å². The second kappa shape index (κ2) is 13.8. The van der Waals surface area contributed by atoms with Gasteiger partial charge < -0.3 is 14.7 Å². The molecule has 10 rings (SSSR count). The second-order valence-electron chi connectivity index (χ2n) is 16.7. The zero-order chi connectivity index (χ0) is 38.1. The number of aromatic hydroxyl groups is 1. The highest BCUT2D eigenvalue weighted by molar-refractivity contribution is 7.15. The number of ether oxygens (including phenoxy) is 1. The number of fused-ring (bicyclic) bond motifs is 4. The number of piperidine rings is 1. The smallest absolute Gasteiger partial charge is 0.162 e. The van der Waals surface area contributed by atoms with Crippen molar-refractivity contribution in [3.8, 4) is 16.5 Å². The number of hydrogen-bond acceptors (Lipinski definition) is 7. The van der Waals surface area contributed by atoms with Gasteiger partial charge in [0.1, 0.15) is 28.4 Å². The van der Waals surface area contributed by atoms with Crippen LogP contribution >= 0.6 is 11.3 Å². The lowest BCUT2D eigenvalue weighted by Crippen LogP contribution is -2.51. The number of hydrogen-bond donors (Lipinski definition) is 1. The van der Waals surface area contributed by atoms with Gasteiger partial charge in [0.05, 0.1) is 11.8 Å². The van der Waals surface area contributed by atoms with E-state index in [4.69, 9.17) is 9.73 Å². The molecule has 1 saturated heterocycles. The molecule has 8 heteroatoms. The number of phenolic OH excluding ortho intramolecular Hbond substituents is 1. The highest BCUT2D eigenvalue weighted by atomic mass is 32.1. The van der Waals surface area contributed by atoms with Crippen LogP contribution in [0.1, 0.15) is 112 Å². The van der Waals surface area contributed by atoms with Gasteiger partial charge in [-0.1, -0.05) is 48.5 Å². The molecule has 4 aromatic carbocycles. The van der Waals surface area contributed by atoms with Crippen molar-refractivity contribution in [2.24, 2.45) is 10.4 Å². The third kappa shape index (κ3) is 6.04. The maximum atomic E-state index is 10.2. The van der Waals surface area contributed by atoms with Crippen LogP contribution in [0.4, 0.5) is 5.69 Å². The van der Waals surface area contributed by atoms with E-state index in [0.29, 0.717) is 17.1 Å². The standard InChI is InChI=1S/C48H49N5O2S/c1-29-31(3)56-47-43(29)45(49-30(2)46-51-50-32(4)53(46)47)35-12-18-39(19-13-35)55-40-27-48(28-40)22-24-52(25-23-48)37-15-10-34(11-16-37)44-41(33-8-6-5-7-9-33)20-14-36-26-38(54)17-21-42(36)44/h5-13,15-19,21,26,30,40-41,44,54H,14,20,22-25,27-28H2,1-4H3/t30-,41+,44-/m0/s1. The lowest BCUT2D eigenvalue weighted by atomic mass is 9.61. The summed E-state index contributed by atoms with van der Waals surface area (Å²) in [6.45, 7) is 10.7. The molecule has 0 amide bonds. The molecule has 284 valence electrons. The van der Waals surface area contributed by atoms with E-state index in [9.17, 15) is 5.11 Å². The summed E-state index contributed by atoms with van der Waals surface area (Å²) in [6.07, 6.45) is 6.99. The number of aliphatic imine (C=N–C) groups is 1. The topological polar surface area (TPSA) is 75.8 Å². The Morgan fingerprint density at radius 2 is 1.59 bits per heavy atom. The number of rotatable bonds is 6. The average molecular weight is 760 g/mol. The van der Waals surface area contributed by atoms with Gasteiger partial charge in [-0.2, -0.15) is 0 Å². The number of phenols is 1. The van der Waals surface area contributed by atoms with E-state index in [0.717, 1.165) is 72.4 Å². The Kier molecular flexibility index (Phi) is 8.66. The first-order valence-corrected chi connectivity index (χ1v) is 21.1. The molecule has 1 spiro atoms. The molecule has 2 aliphatic heterocycles. The summed E-state index contributed by atoms with van der Waals surface area (Å²) >= 11 is 1.79. The normalized spacial score (nSPS) is 21.4. The van der Waals surface area contributed by atoms with Crippen molar-refractivity contribution in [1.82, 2.24) is 14.8 Å². The lowest BCUT2D eigenvalue weighted by Gasteiger charge is -2.52. The minimum Gasteiger partial charge on any atom is -0.508 e. The predicted octanol–water partition coefficient (Wildman–Crippen LogP) is 10.6. The summed E-state index contributed by atoms with van der Waals surface area (Å²) < 4.78 is 8.78. The minimum atomic E-state index is -0.0947. The van der Waals surface area contributed by atoms with E-state index >= 15 is 0 Å². The van der Waals surface area contributed by atoms with Crippen LogP contribution in [0.5, 0.6) is 11.5 Å². The summed E-state index contributed by atoms with van der Waals surface area (Å²) in [6, 6.07) is 34.9. The van der Waals surface area contributed by atoms with Crippen LogP contribution in [-0.2, 0) is 6.42 Å². The Hall–Kier alpha value is -5.21. The molecule has 1 N–H and O–H groups in total. The zero-order valence-corrected chi connectivity index (χ0v) is 33.5. The van der Waals surface area contributed by atoms with E-state index in [1.54, 1.807) is 11.3 Å². The molecule has 6 aromatic rings. The van der Waals surface area contributed by atoms with Crippen LogP contribution < -0.4 is 9.64 Å². The minimum absolute atomic E-state index is 0.0947. The molecule has 7 nitrogen and oxygen atoms in total. The first-order valence-electron chi connectivity index (χ1n) is 20.3. The molecule has 2 aromatic heterocycles.